The Kier molecular flexibility index (Phi) is 4.38. The summed E-state index contributed by atoms with van der Waals surface area (Å²) in [7, 11) is 0. The zero-order valence-corrected chi connectivity index (χ0v) is 12.5. The summed E-state index contributed by atoms with van der Waals surface area (Å²) >= 11 is 0.566. The molecule has 0 bridgehead atoms. The summed E-state index contributed by atoms with van der Waals surface area (Å²) in [6, 6.07) is 4.39. The minimum absolute atomic E-state index is 0.00419. The van der Waals surface area contributed by atoms with E-state index < -0.39 is 23.2 Å². The molecule has 0 unspecified atom stereocenters. The standard InChI is InChI=1S/C14H13F4N3S/c1-8-4-9(15)10(5-11(8)22-7-14(16,17)18)21-12(20)13(6-19)2-3-13/h4-5H,2-3,7H2,1H3,(H2,20,21). The van der Waals surface area contributed by atoms with Gasteiger partial charge in [0, 0.05) is 4.90 Å². The van der Waals surface area contributed by atoms with Crippen LogP contribution < -0.4 is 5.73 Å². The Bertz CT molecular complexity index is 657. The molecule has 0 spiro atoms. The number of hydrogen-bond donors (Lipinski definition) is 1. The Labute approximate surface area is 129 Å². The minimum Gasteiger partial charge on any atom is -0.386 e. The van der Waals surface area contributed by atoms with Crippen molar-refractivity contribution in [2.24, 2.45) is 16.1 Å². The zero-order valence-electron chi connectivity index (χ0n) is 11.7. The molecule has 1 fully saturated rings. The number of rotatable bonds is 4. The van der Waals surface area contributed by atoms with E-state index in [0.717, 1.165) is 6.07 Å². The highest BCUT2D eigenvalue weighted by molar-refractivity contribution is 7.99. The average molecular weight is 331 g/mol. The van der Waals surface area contributed by atoms with E-state index in [-0.39, 0.29) is 16.4 Å². The summed E-state index contributed by atoms with van der Waals surface area (Å²) in [6.45, 7) is 1.52. The van der Waals surface area contributed by atoms with E-state index in [0.29, 0.717) is 30.2 Å². The maximum atomic E-state index is 13.9. The first-order chi connectivity index (χ1) is 10.2. The molecular formula is C14H13F4N3S. The first-order valence-corrected chi connectivity index (χ1v) is 7.41. The smallest absolute Gasteiger partial charge is 0.386 e. The van der Waals surface area contributed by atoms with Gasteiger partial charge < -0.3 is 5.73 Å². The van der Waals surface area contributed by atoms with Gasteiger partial charge in [-0.2, -0.15) is 18.4 Å². The van der Waals surface area contributed by atoms with Crippen molar-refractivity contribution in [3.63, 3.8) is 0 Å². The van der Waals surface area contributed by atoms with E-state index in [9.17, 15) is 17.6 Å². The number of alkyl halides is 3. The average Bonchev–Trinajstić information content (AvgIpc) is 3.20. The van der Waals surface area contributed by atoms with Crippen molar-refractivity contribution >= 4 is 23.3 Å². The lowest BCUT2D eigenvalue weighted by Gasteiger charge is -2.11. The van der Waals surface area contributed by atoms with Crippen molar-refractivity contribution in [2.75, 3.05) is 5.75 Å². The molecule has 2 rings (SSSR count). The fourth-order valence-corrected chi connectivity index (χ4v) is 2.63. The van der Waals surface area contributed by atoms with E-state index in [1.807, 2.05) is 6.07 Å². The van der Waals surface area contributed by atoms with Gasteiger partial charge in [-0.3, -0.25) is 0 Å². The summed E-state index contributed by atoms with van der Waals surface area (Å²) in [5.41, 5.74) is 5.13. The largest absolute Gasteiger partial charge is 0.398 e. The molecule has 0 radical (unpaired) electrons. The number of thioether (sulfide) groups is 1. The highest BCUT2D eigenvalue weighted by Crippen LogP contribution is 2.46. The van der Waals surface area contributed by atoms with Crippen LogP contribution in [0.25, 0.3) is 0 Å². The van der Waals surface area contributed by atoms with Crippen LogP contribution in [0.3, 0.4) is 0 Å². The summed E-state index contributed by atoms with van der Waals surface area (Å²) in [4.78, 5) is 4.20. The summed E-state index contributed by atoms with van der Waals surface area (Å²) in [5.74, 6) is -1.74. The predicted octanol–water partition coefficient (Wildman–Crippen LogP) is 4.08. The van der Waals surface area contributed by atoms with E-state index in [1.54, 1.807) is 0 Å². The van der Waals surface area contributed by atoms with Crippen LogP contribution in [-0.2, 0) is 0 Å². The number of halogens is 4. The lowest BCUT2D eigenvalue weighted by Crippen LogP contribution is -2.23. The van der Waals surface area contributed by atoms with Gasteiger partial charge in [0.15, 0.2) is 0 Å². The zero-order chi connectivity index (χ0) is 16.5. The van der Waals surface area contributed by atoms with Crippen LogP contribution in [0.15, 0.2) is 22.0 Å². The van der Waals surface area contributed by atoms with Crippen molar-refractivity contribution in [3.8, 4) is 6.07 Å². The number of nitrogens with two attached hydrogens (primary N) is 1. The topological polar surface area (TPSA) is 62.2 Å². The van der Waals surface area contributed by atoms with Gasteiger partial charge in [0.25, 0.3) is 0 Å². The van der Waals surface area contributed by atoms with Gasteiger partial charge >= 0.3 is 6.18 Å². The molecule has 3 nitrogen and oxygen atoms in total. The Hall–Kier alpha value is -1.75. The Morgan fingerprint density at radius 3 is 2.59 bits per heavy atom. The number of aryl methyl sites for hydroxylation is 1. The molecule has 1 aliphatic carbocycles. The third-order valence-electron chi connectivity index (χ3n) is 3.33. The second-order valence-electron chi connectivity index (χ2n) is 5.16. The molecule has 0 atom stereocenters. The molecule has 2 N–H and O–H groups in total. The second-order valence-corrected chi connectivity index (χ2v) is 6.18. The molecule has 1 aliphatic rings. The van der Waals surface area contributed by atoms with Gasteiger partial charge in [-0.05, 0) is 37.5 Å². The molecule has 1 saturated carbocycles. The van der Waals surface area contributed by atoms with E-state index in [2.05, 4.69) is 4.99 Å². The van der Waals surface area contributed by atoms with Crippen molar-refractivity contribution in [2.45, 2.75) is 30.8 Å². The van der Waals surface area contributed by atoms with Crippen LogP contribution in [0, 0.1) is 29.5 Å². The van der Waals surface area contributed by atoms with Gasteiger partial charge in [-0.1, -0.05) is 0 Å². The molecule has 0 amide bonds. The van der Waals surface area contributed by atoms with Gasteiger partial charge in [0.2, 0.25) is 0 Å². The van der Waals surface area contributed by atoms with Gasteiger partial charge in [0.1, 0.15) is 22.8 Å². The third-order valence-corrected chi connectivity index (χ3v) is 4.55. The lowest BCUT2D eigenvalue weighted by molar-refractivity contribution is -0.105. The number of amidine groups is 1. The maximum absolute atomic E-state index is 13.9. The van der Waals surface area contributed by atoms with Crippen LogP contribution in [0.5, 0.6) is 0 Å². The number of hydrogen-bond acceptors (Lipinski definition) is 3. The SMILES string of the molecule is Cc1cc(F)c(N=C(N)C2(C#N)CC2)cc1SCC(F)(F)F. The number of benzene rings is 1. The molecule has 22 heavy (non-hydrogen) atoms. The van der Waals surface area contributed by atoms with Crippen LogP contribution >= 0.6 is 11.8 Å². The Morgan fingerprint density at radius 1 is 1.45 bits per heavy atom. The highest BCUT2D eigenvalue weighted by Gasteiger charge is 2.47. The van der Waals surface area contributed by atoms with E-state index >= 15 is 0 Å². The third kappa shape index (κ3) is 3.71. The molecular weight excluding hydrogens is 318 g/mol. The van der Waals surface area contributed by atoms with Crippen molar-refractivity contribution in [3.05, 3.63) is 23.5 Å². The molecule has 8 heteroatoms. The van der Waals surface area contributed by atoms with Gasteiger partial charge in [0.05, 0.1) is 11.8 Å². The van der Waals surface area contributed by atoms with Crippen LogP contribution in [0.4, 0.5) is 23.2 Å². The van der Waals surface area contributed by atoms with Crippen LogP contribution in [0.1, 0.15) is 18.4 Å². The Balaban J connectivity index is 2.29. The van der Waals surface area contributed by atoms with E-state index in [1.165, 1.54) is 13.0 Å². The summed E-state index contributed by atoms with van der Waals surface area (Å²) < 4.78 is 50.8. The van der Waals surface area contributed by atoms with Crippen LogP contribution in [-0.4, -0.2) is 17.8 Å². The Morgan fingerprint density at radius 2 is 2.09 bits per heavy atom. The summed E-state index contributed by atoms with van der Waals surface area (Å²) in [6.07, 6.45) is -3.20. The second kappa shape index (κ2) is 5.80. The molecule has 0 heterocycles. The number of nitriles is 1. The first-order valence-electron chi connectivity index (χ1n) is 6.42. The minimum atomic E-state index is -4.31. The molecule has 1 aromatic carbocycles. The van der Waals surface area contributed by atoms with Gasteiger partial charge in [-0.15, -0.1) is 11.8 Å². The van der Waals surface area contributed by atoms with Crippen molar-refractivity contribution in [1.29, 1.82) is 5.26 Å². The molecule has 0 aliphatic heterocycles. The monoisotopic (exact) mass is 331 g/mol. The summed E-state index contributed by atoms with van der Waals surface area (Å²) in [5, 5.41) is 9.01. The molecule has 1 aromatic rings. The fraction of sp³-hybridized carbons (Fsp3) is 0.429. The quantitative estimate of drug-likeness (QED) is 0.391. The van der Waals surface area contributed by atoms with Crippen LogP contribution in [0.2, 0.25) is 0 Å². The number of nitrogens with zero attached hydrogens (tertiary/aromatic N) is 2. The number of aliphatic imine (C=N–C) groups is 1. The first kappa shape index (κ1) is 16.6. The predicted molar refractivity (Wildman–Crippen MR) is 76.5 cm³/mol. The van der Waals surface area contributed by atoms with Crippen molar-refractivity contribution in [1.82, 2.24) is 0 Å². The molecule has 118 valence electrons. The van der Waals surface area contributed by atoms with E-state index in [4.69, 9.17) is 11.0 Å². The van der Waals surface area contributed by atoms with Gasteiger partial charge in [-0.25, -0.2) is 9.38 Å². The molecule has 0 saturated heterocycles. The normalized spacial score (nSPS) is 17.2. The fourth-order valence-electron chi connectivity index (χ4n) is 1.83. The maximum Gasteiger partial charge on any atom is 0.398 e. The highest BCUT2D eigenvalue weighted by atomic mass is 32.2. The lowest BCUT2D eigenvalue weighted by atomic mass is 10.1. The molecule has 0 aromatic heterocycles. The van der Waals surface area contributed by atoms with Crippen molar-refractivity contribution < 1.29 is 17.6 Å².